The lowest BCUT2D eigenvalue weighted by molar-refractivity contribution is 0.475. The van der Waals surface area contributed by atoms with Gasteiger partial charge in [0.25, 0.3) is 0 Å². The molecule has 1 aromatic rings. The molecule has 118 valence electrons. The molecule has 1 aromatic heterocycles. The van der Waals surface area contributed by atoms with Crippen molar-refractivity contribution in [3.05, 3.63) is 17.3 Å². The van der Waals surface area contributed by atoms with Crippen molar-refractivity contribution in [2.24, 2.45) is 5.41 Å². The van der Waals surface area contributed by atoms with Crippen LogP contribution in [0, 0.1) is 5.41 Å². The fraction of sp³-hybridized carbons (Fsp3) is 0.643. The highest BCUT2D eigenvalue weighted by Crippen LogP contribution is 2.48. The summed E-state index contributed by atoms with van der Waals surface area (Å²) >= 11 is 6.08. The number of pyridine rings is 1. The highest BCUT2D eigenvalue weighted by atomic mass is 35.5. The van der Waals surface area contributed by atoms with E-state index in [1.54, 1.807) is 0 Å². The standard InChI is InChI=1S/C14H22ClN3O2S/c1-3-7-16-13-12(15)8-11(9-17-13)21(19,20)18-10-14(4-2)5-6-14/h8-9,18H,3-7,10H2,1-2H3,(H,16,17). The molecule has 0 unspecified atom stereocenters. The first kappa shape index (κ1) is 16.5. The molecule has 0 aliphatic heterocycles. The van der Waals surface area contributed by atoms with Gasteiger partial charge in [0.05, 0.1) is 5.02 Å². The van der Waals surface area contributed by atoms with E-state index in [-0.39, 0.29) is 10.3 Å². The molecule has 0 amide bonds. The summed E-state index contributed by atoms with van der Waals surface area (Å²) in [6.07, 6.45) is 5.46. The van der Waals surface area contributed by atoms with Crippen LogP contribution in [0.3, 0.4) is 0 Å². The number of hydrogen-bond donors (Lipinski definition) is 2. The van der Waals surface area contributed by atoms with Gasteiger partial charge in [-0.25, -0.2) is 18.1 Å². The Morgan fingerprint density at radius 3 is 2.62 bits per heavy atom. The summed E-state index contributed by atoms with van der Waals surface area (Å²) in [6, 6.07) is 1.44. The molecule has 2 rings (SSSR count). The first-order valence-corrected chi connectivity index (χ1v) is 9.18. The number of hydrogen-bond acceptors (Lipinski definition) is 4. The molecule has 1 saturated carbocycles. The van der Waals surface area contributed by atoms with E-state index in [0.29, 0.717) is 17.4 Å². The minimum Gasteiger partial charge on any atom is -0.369 e. The third-order valence-electron chi connectivity index (χ3n) is 4.01. The fourth-order valence-corrected chi connectivity index (χ4v) is 3.53. The molecule has 5 nitrogen and oxygen atoms in total. The molecule has 0 spiro atoms. The zero-order chi connectivity index (χ0) is 15.5. The van der Waals surface area contributed by atoms with Crippen molar-refractivity contribution in [3.8, 4) is 0 Å². The summed E-state index contributed by atoms with van der Waals surface area (Å²) < 4.78 is 27.2. The number of halogens is 1. The van der Waals surface area contributed by atoms with Crippen molar-refractivity contribution in [1.29, 1.82) is 0 Å². The summed E-state index contributed by atoms with van der Waals surface area (Å²) in [5, 5.41) is 3.38. The van der Waals surface area contributed by atoms with Crippen LogP contribution in [0.5, 0.6) is 0 Å². The van der Waals surface area contributed by atoms with Crippen LogP contribution in [-0.4, -0.2) is 26.5 Å². The number of rotatable bonds is 8. The van der Waals surface area contributed by atoms with Crippen molar-refractivity contribution < 1.29 is 8.42 Å². The van der Waals surface area contributed by atoms with E-state index in [4.69, 9.17) is 11.6 Å². The van der Waals surface area contributed by atoms with Gasteiger partial charge in [0.15, 0.2) is 0 Å². The maximum atomic E-state index is 12.3. The minimum absolute atomic E-state index is 0.112. The number of nitrogens with one attached hydrogen (secondary N) is 2. The summed E-state index contributed by atoms with van der Waals surface area (Å²) in [7, 11) is -3.55. The third-order valence-corrected chi connectivity index (χ3v) is 5.67. The lowest BCUT2D eigenvalue weighted by Crippen LogP contribution is -2.30. The SMILES string of the molecule is CCCNc1ncc(S(=O)(=O)NCC2(CC)CC2)cc1Cl. The normalized spacial score (nSPS) is 16.7. The smallest absolute Gasteiger partial charge is 0.242 e. The van der Waals surface area contributed by atoms with Gasteiger partial charge in [0.2, 0.25) is 10.0 Å². The van der Waals surface area contributed by atoms with Gasteiger partial charge >= 0.3 is 0 Å². The van der Waals surface area contributed by atoms with Gasteiger partial charge in [-0.1, -0.05) is 25.4 Å². The molecule has 0 saturated heterocycles. The van der Waals surface area contributed by atoms with E-state index in [1.807, 2.05) is 6.92 Å². The molecule has 2 N–H and O–H groups in total. The summed E-state index contributed by atoms with van der Waals surface area (Å²) in [4.78, 5) is 4.21. The average molecular weight is 332 g/mol. The molecule has 1 fully saturated rings. The largest absolute Gasteiger partial charge is 0.369 e. The monoisotopic (exact) mass is 331 g/mol. The molecular weight excluding hydrogens is 310 g/mol. The van der Waals surface area contributed by atoms with E-state index >= 15 is 0 Å². The maximum Gasteiger partial charge on any atom is 0.242 e. The second kappa shape index (κ2) is 6.50. The van der Waals surface area contributed by atoms with Crippen LogP contribution in [-0.2, 0) is 10.0 Å². The Labute approximate surface area is 131 Å². The van der Waals surface area contributed by atoms with E-state index in [0.717, 1.165) is 32.2 Å². The number of nitrogens with zero attached hydrogens (tertiary/aromatic N) is 1. The molecule has 1 heterocycles. The number of anilines is 1. The molecule has 0 atom stereocenters. The van der Waals surface area contributed by atoms with Crippen molar-refractivity contribution in [2.75, 3.05) is 18.4 Å². The minimum atomic E-state index is -3.55. The van der Waals surface area contributed by atoms with Gasteiger partial charge in [0.1, 0.15) is 10.7 Å². The molecular formula is C14H22ClN3O2S. The zero-order valence-corrected chi connectivity index (χ0v) is 14.0. The van der Waals surface area contributed by atoms with Gasteiger partial charge in [0, 0.05) is 19.3 Å². The molecule has 7 heteroatoms. The second-order valence-electron chi connectivity index (χ2n) is 5.61. The van der Waals surface area contributed by atoms with Crippen LogP contribution in [0.15, 0.2) is 17.2 Å². The number of sulfonamides is 1. The Balaban J connectivity index is 2.07. The highest BCUT2D eigenvalue weighted by Gasteiger charge is 2.41. The quantitative estimate of drug-likeness (QED) is 0.768. The van der Waals surface area contributed by atoms with E-state index in [1.165, 1.54) is 12.3 Å². The first-order valence-electron chi connectivity index (χ1n) is 7.31. The zero-order valence-electron chi connectivity index (χ0n) is 12.4. The van der Waals surface area contributed by atoms with Crippen LogP contribution in [0.2, 0.25) is 5.02 Å². The van der Waals surface area contributed by atoms with Gasteiger partial charge in [-0.2, -0.15) is 0 Å². The summed E-state index contributed by atoms with van der Waals surface area (Å²) in [6.45, 7) is 5.36. The van der Waals surface area contributed by atoms with Crippen molar-refractivity contribution >= 4 is 27.4 Å². The predicted molar refractivity (Wildman–Crippen MR) is 85.2 cm³/mol. The predicted octanol–water partition coefficient (Wildman–Crippen LogP) is 3.03. The van der Waals surface area contributed by atoms with Gasteiger partial charge in [-0.05, 0) is 37.2 Å². The Bertz CT molecular complexity index is 600. The van der Waals surface area contributed by atoms with Crippen LogP contribution >= 0.6 is 11.6 Å². The van der Waals surface area contributed by atoms with Crippen LogP contribution in [0.4, 0.5) is 5.82 Å². The average Bonchev–Trinajstić information content (AvgIpc) is 3.25. The molecule has 0 bridgehead atoms. The Kier molecular flexibility index (Phi) is 5.11. The fourth-order valence-electron chi connectivity index (χ4n) is 2.10. The Hall–Kier alpha value is -0.850. The van der Waals surface area contributed by atoms with E-state index < -0.39 is 10.0 Å². The van der Waals surface area contributed by atoms with E-state index in [9.17, 15) is 8.42 Å². The highest BCUT2D eigenvalue weighted by molar-refractivity contribution is 7.89. The first-order chi connectivity index (χ1) is 9.92. The topological polar surface area (TPSA) is 71.1 Å². The van der Waals surface area contributed by atoms with Crippen molar-refractivity contribution in [3.63, 3.8) is 0 Å². The Morgan fingerprint density at radius 2 is 2.10 bits per heavy atom. The van der Waals surface area contributed by atoms with Gasteiger partial charge in [-0.3, -0.25) is 0 Å². The van der Waals surface area contributed by atoms with Crippen LogP contribution in [0.1, 0.15) is 39.5 Å². The molecule has 0 radical (unpaired) electrons. The van der Waals surface area contributed by atoms with Crippen LogP contribution in [0.25, 0.3) is 0 Å². The molecule has 1 aliphatic carbocycles. The Morgan fingerprint density at radius 1 is 1.38 bits per heavy atom. The molecule has 0 aromatic carbocycles. The third kappa shape index (κ3) is 4.08. The summed E-state index contributed by atoms with van der Waals surface area (Å²) in [5.41, 5.74) is 0.160. The van der Waals surface area contributed by atoms with Crippen molar-refractivity contribution in [1.82, 2.24) is 9.71 Å². The molecule has 21 heavy (non-hydrogen) atoms. The summed E-state index contributed by atoms with van der Waals surface area (Å²) in [5.74, 6) is 0.518. The molecule has 1 aliphatic rings. The second-order valence-corrected chi connectivity index (χ2v) is 7.78. The maximum absolute atomic E-state index is 12.3. The van der Waals surface area contributed by atoms with Gasteiger partial charge in [-0.15, -0.1) is 0 Å². The van der Waals surface area contributed by atoms with E-state index in [2.05, 4.69) is 21.9 Å². The van der Waals surface area contributed by atoms with Gasteiger partial charge < -0.3 is 5.32 Å². The lowest BCUT2D eigenvalue weighted by Gasteiger charge is -2.14. The van der Waals surface area contributed by atoms with Crippen LogP contribution < -0.4 is 10.0 Å². The van der Waals surface area contributed by atoms with Crippen molar-refractivity contribution in [2.45, 2.75) is 44.4 Å². The lowest BCUT2D eigenvalue weighted by atomic mass is 10.1. The number of aromatic nitrogens is 1.